The van der Waals surface area contributed by atoms with Gasteiger partial charge < -0.3 is 4.98 Å². The molecule has 0 fully saturated rings. The lowest BCUT2D eigenvalue weighted by Gasteiger charge is -2.00. The number of nitrogens with zero attached hydrogens (tertiary/aromatic N) is 3. The summed E-state index contributed by atoms with van der Waals surface area (Å²) in [7, 11) is 0. The van der Waals surface area contributed by atoms with Crippen molar-refractivity contribution in [1.82, 2.24) is 19.9 Å². The van der Waals surface area contributed by atoms with Gasteiger partial charge in [0.25, 0.3) is 0 Å². The van der Waals surface area contributed by atoms with Gasteiger partial charge in [0, 0.05) is 27.7 Å². The monoisotopic (exact) mass is 333 g/mol. The van der Waals surface area contributed by atoms with E-state index in [-0.39, 0.29) is 0 Å². The Balaban J connectivity index is 1.81. The molecule has 6 heteroatoms. The number of benzene rings is 2. The second-order valence-electron chi connectivity index (χ2n) is 5.48. The van der Waals surface area contributed by atoms with Crippen LogP contribution < -0.4 is 0 Å². The average Bonchev–Trinajstić information content (AvgIpc) is 3.13. The standard InChI is InChI=1S/C18H15N5S/c1-12-15(14-9-5-6-10-16(14)20-12)11-19-23-17(21-22-18(23)24)13-7-3-2-4-8-13/h2-11,20H,1H3,(H,22,24). The molecule has 118 valence electrons. The Labute approximate surface area is 143 Å². The zero-order chi connectivity index (χ0) is 16.5. The van der Waals surface area contributed by atoms with Crippen molar-refractivity contribution < 1.29 is 0 Å². The molecule has 0 radical (unpaired) electrons. The van der Waals surface area contributed by atoms with Crippen LogP contribution >= 0.6 is 12.2 Å². The van der Waals surface area contributed by atoms with E-state index in [2.05, 4.69) is 32.4 Å². The highest BCUT2D eigenvalue weighted by molar-refractivity contribution is 7.71. The number of H-pyrrole nitrogens is 2. The van der Waals surface area contributed by atoms with E-state index in [1.54, 1.807) is 4.68 Å². The molecule has 2 aromatic heterocycles. The number of rotatable bonds is 3. The van der Waals surface area contributed by atoms with E-state index in [0.29, 0.717) is 10.6 Å². The molecule has 4 rings (SSSR count). The van der Waals surface area contributed by atoms with Gasteiger partial charge >= 0.3 is 0 Å². The molecule has 0 amide bonds. The third-order valence-electron chi connectivity index (χ3n) is 3.93. The van der Waals surface area contributed by atoms with Crippen molar-refractivity contribution in [2.75, 3.05) is 0 Å². The summed E-state index contributed by atoms with van der Waals surface area (Å²) < 4.78 is 2.11. The first kappa shape index (κ1) is 14.6. The SMILES string of the molecule is Cc1[nH]c2ccccc2c1C=Nn1c(-c2ccccc2)n[nH]c1=S. The quantitative estimate of drug-likeness (QED) is 0.434. The minimum Gasteiger partial charge on any atom is -0.358 e. The molecule has 0 aliphatic carbocycles. The second kappa shape index (κ2) is 5.90. The van der Waals surface area contributed by atoms with Crippen LogP contribution in [0.25, 0.3) is 22.3 Å². The van der Waals surface area contributed by atoms with Crippen LogP contribution in [0, 0.1) is 11.7 Å². The van der Waals surface area contributed by atoms with Gasteiger partial charge in [-0.3, -0.25) is 0 Å². The molecule has 2 aromatic carbocycles. The van der Waals surface area contributed by atoms with Crippen molar-refractivity contribution in [3.8, 4) is 11.4 Å². The molecule has 0 atom stereocenters. The molecule has 0 unspecified atom stereocenters. The predicted octanol–water partition coefficient (Wildman–Crippen LogP) is 4.28. The molecule has 2 heterocycles. The van der Waals surface area contributed by atoms with Gasteiger partial charge in [0.2, 0.25) is 4.77 Å². The van der Waals surface area contributed by atoms with Gasteiger partial charge in [-0.25, -0.2) is 5.10 Å². The van der Waals surface area contributed by atoms with E-state index < -0.39 is 0 Å². The molecule has 0 aliphatic rings. The first-order valence-electron chi connectivity index (χ1n) is 7.58. The Morgan fingerprint density at radius 2 is 1.83 bits per heavy atom. The van der Waals surface area contributed by atoms with Crippen LogP contribution in [-0.4, -0.2) is 26.1 Å². The van der Waals surface area contributed by atoms with E-state index in [1.165, 1.54) is 0 Å². The molecule has 24 heavy (non-hydrogen) atoms. The molecular formula is C18H15N5S. The Morgan fingerprint density at radius 1 is 1.08 bits per heavy atom. The van der Waals surface area contributed by atoms with E-state index in [1.807, 2.05) is 55.6 Å². The number of hydrogen-bond acceptors (Lipinski definition) is 3. The Bertz CT molecular complexity index is 1090. The van der Waals surface area contributed by atoms with Crippen molar-refractivity contribution in [2.45, 2.75) is 6.92 Å². The number of aromatic amines is 2. The van der Waals surface area contributed by atoms with E-state index in [4.69, 9.17) is 12.2 Å². The Morgan fingerprint density at radius 3 is 2.67 bits per heavy atom. The summed E-state index contributed by atoms with van der Waals surface area (Å²) in [6, 6.07) is 18.0. The summed E-state index contributed by atoms with van der Waals surface area (Å²) in [6.45, 7) is 2.04. The fourth-order valence-corrected chi connectivity index (χ4v) is 2.93. The maximum Gasteiger partial charge on any atom is 0.216 e. The van der Waals surface area contributed by atoms with Crippen LogP contribution in [-0.2, 0) is 0 Å². The number of para-hydroxylation sites is 1. The summed E-state index contributed by atoms with van der Waals surface area (Å²) in [6.07, 6.45) is 1.83. The first-order chi connectivity index (χ1) is 11.7. The van der Waals surface area contributed by atoms with Crippen molar-refractivity contribution in [2.24, 2.45) is 5.10 Å². The summed E-state index contributed by atoms with van der Waals surface area (Å²) in [5, 5.41) is 12.8. The van der Waals surface area contributed by atoms with Gasteiger partial charge in [-0.05, 0) is 25.2 Å². The topological polar surface area (TPSA) is 61.8 Å². The van der Waals surface area contributed by atoms with Crippen LogP contribution in [0.4, 0.5) is 0 Å². The Hall–Kier alpha value is -2.99. The molecule has 0 spiro atoms. The van der Waals surface area contributed by atoms with Crippen LogP contribution in [0.5, 0.6) is 0 Å². The predicted molar refractivity (Wildman–Crippen MR) is 98.9 cm³/mol. The lowest BCUT2D eigenvalue weighted by molar-refractivity contribution is 0.871. The Kier molecular flexibility index (Phi) is 3.59. The number of fused-ring (bicyclic) bond motifs is 1. The largest absolute Gasteiger partial charge is 0.358 e. The zero-order valence-corrected chi connectivity index (χ0v) is 13.8. The highest BCUT2D eigenvalue weighted by Gasteiger charge is 2.09. The van der Waals surface area contributed by atoms with Gasteiger partial charge in [-0.15, -0.1) is 0 Å². The summed E-state index contributed by atoms with van der Waals surface area (Å²) in [5.41, 5.74) is 4.16. The lowest BCUT2D eigenvalue weighted by Crippen LogP contribution is -1.95. The van der Waals surface area contributed by atoms with Crippen LogP contribution in [0.2, 0.25) is 0 Å². The molecule has 2 N–H and O–H groups in total. The fraction of sp³-hybridized carbons (Fsp3) is 0.0556. The lowest BCUT2D eigenvalue weighted by atomic mass is 10.1. The van der Waals surface area contributed by atoms with Gasteiger partial charge in [0.05, 0.1) is 6.21 Å². The van der Waals surface area contributed by atoms with Gasteiger partial charge in [-0.2, -0.15) is 14.9 Å². The van der Waals surface area contributed by atoms with Gasteiger partial charge in [0.15, 0.2) is 5.82 Å². The molecule has 0 bridgehead atoms. The number of aromatic nitrogens is 4. The van der Waals surface area contributed by atoms with Crippen molar-refractivity contribution in [3.63, 3.8) is 0 Å². The molecule has 4 aromatic rings. The molecule has 0 aliphatic heterocycles. The third kappa shape index (κ3) is 2.47. The maximum absolute atomic E-state index is 5.32. The molecular weight excluding hydrogens is 318 g/mol. The second-order valence-corrected chi connectivity index (χ2v) is 5.87. The van der Waals surface area contributed by atoms with Gasteiger partial charge in [0.1, 0.15) is 0 Å². The highest BCUT2D eigenvalue weighted by Crippen LogP contribution is 2.21. The van der Waals surface area contributed by atoms with E-state index in [9.17, 15) is 0 Å². The minimum atomic E-state index is 0.461. The van der Waals surface area contributed by atoms with Gasteiger partial charge in [-0.1, -0.05) is 48.5 Å². The summed E-state index contributed by atoms with van der Waals surface area (Å²) >= 11 is 5.32. The summed E-state index contributed by atoms with van der Waals surface area (Å²) in [4.78, 5) is 3.37. The van der Waals surface area contributed by atoms with Crippen LogP contribution in [0.1, 0.15) is 11.3 Å². The molecule has 0 saturated carbocycles. The van der Waals surface area contributed by atoms with E-state index >= 15 is 0 Å². The highest BCUT2D eigenvalue weighted by atomic mass is 32.1. The number of aryl methyl sites for hydroxylation is 1. The normalized spacial score (nSPS) is 11.5. The number of nitrogens with one attached hydrogen (secondary N) is 2. The molecule has 0 saturated heterocycles. The maximum atomic E-state index is 5.32. The summed E-state index contributed by atoms with van der Waals surface area (Å²) in [5.74, 6) is 0.689. The molecule has 5 nitrogen and oxygen atoms in total. The van der Waals surface area contributed by atoms with E-state index in [0.717, 1.165) is 27.7 Å². The average molecular weight is 333 g/mol. The van der Waals surface area contributed by atoms with Crippen LogP contribution in [0.3, 0.4) is 0 Å². The number of hydrogen-bond donors (Lipinski definition) is 2. The smallest absolute Gasteiger partial charge is 0.216 e. The minimum absolute atomic E-state index is 0.461. The first-order valence-corrected chi connectivity index (χ1v) is 7.99. The van der Waals surface area contributed by atoms with Crippen molar-refractivity contribution in [1.29, 1.82) is 0 Å². The zero-order valence-electron chi connectivity index (χ0n) is 13.0. The van der Waals surface area contributed by atoms with Crippen molar-refractivity contribution >= 4 is 29.3 Å². The van der Waals surface area contributed by atoms with Crippen LogP contribution in [0.15, 0.2) is 59.7 Å². The van der Waals surface area contributed by atoms with Crippen molar-refractivity contribution in [3.05, 3.63) is 70.6 Å². The third-order valence-corrected chi connectivity index (χ3v) is 4.19. The fourth-order valence-electron chi connectivity index (χ4n) is 2.75.